The predicted octanol–water partition coefficient (Wildman–Crippen LogP) is 1.71. The van der Waals surface area contributed by atoms with Crippen molar-refractivity contribution < 1.29 is 12.8 Å². The fourth-order valence-electron chi connectivity index (χ4n) is 2.20. The molecule has 0 atom stereocenters. The summed E-state index contributed by atoms with van der Waals surface area (Å²) in [5.74, 6) is 0.770. The van der Waals surface area contributed by atoms with Crippen LogP contribution < -0.4 is 0 Å². The molecule has 1 aliphatic rings. The lowest BCUT2D eigenvalue weighted by atomic mass is 10.2. The van der Waals surface area contributed by atoms with Crippen molar-refractivity contribution in [3.63, 3.8) is 0 Å². The number of hydrogen-bond acceptors (Lipinski definition) is 4. The van der Waals surface area contributed by atoms with Crippen LogP contribution in [0.4, 0.5) is 4.39 Å². The summed E-state index contributed by atoms with van der Waals surface area (Å²) in [6, 6.07) is 4.01. The van der Waals surface area contributed by atoms with E-state index >= 15 is 0 Å². The van der Waals surface area contributed by atoms with Crippen LogP contribution in [0, 0.1) is 5.82 Å². The zero-order valence-electron chi connectivity index (χ0n) is 10.4. The van der Waals surface area contributed by atoms with Crippen LogP contribution in [0.5, 0.6) is 0 Å². The minimum atomic E-state index is -3.05. The lowest BCUT2D eigenvalue weighted by Gasteiger charge is -2.07. The Kier molecular flexibility index (Phi) is 3.25. The molecule has 0 bridgehead atoms. The van der Waals surface area contributed by atoms with Crippen molar-refractivity contribution in [2.24, 2.45) is 0 Å². The fourth-order valence-corrected chi connectivity index (χ4v) is 3.61. The molecule has 106 valence electrons. The van der Waals surface area contributed by atoms with Crippen LogP contribution in [0.3, 0.4) is 0 Å². The van der Waals surface area contributed by atoms with Crippen molar-refractivity contribution in [1.29, 1.82) is 0 Å². The van der Waals surface area contributed by atoms with Crippen LogP contribution in [0.25, 0.3) is 11.4 Å². The second-order valence-electron chi connectivity index (χ2n) is 4.62. The second-order valence-corrected chi connectivity index (χ2v) is 7.33. The van der Waals surface area contributed by atoms with Gasteiger partial charge in [-0.3, -0.25) is 0 Å². The van der Waals surface area contributed by atoms with Gasteiger partial charge in [-0.2, -0.15) is 0 Å². The Bertz CT molecular complexity index is 773. The molecule has 0 radical (unpaired) electrons. The number of aryl methyl sites for hydroxylation is 1. The molecule has 2 heterocycles. The Morgan fingerprint density at radius 2 is 2.05 bits per heavy atom. The van der Waals surface area contributed by atoms with E-state index in [0.717, 1.165) is 0 Å². The molecule has 0 aliphatic carbocycles. The topological polar surface area (TPSA) is 64.8 Å². The molecular formula is C12H11ClFN3O2S. The SMILES string of the molecule is O=S1(=O)CCc2nnc(-c3ccc(F)cc3Cl)n2CC1. The quantitative estimate of drug-likeness (QED) is 0.803. The largest absolute Gasteiger partial charge is 0.310 e. The summed E-state index contributed by atoms with van der Waals surface area (Å²) in [4.78, 5) is 0. The van der Waals surface area contributed by atoms with E-state index in [4.69, 9.17) is 11.6 Å². The average molecular weight is 316 g/mol. The molecule has 0 spiro atoms. The first-order chi connectivity index (χ1) is 9.46. The lowest BCUT2D eigenvalue weighted by Crippen LogP contribution is -2.12. The van der Waals surface area contributed by atoms with Gasteiger partial charge in [0.05, 0.1) is 16.5 Å². The molecule has 2 aromatic rings. The number of sulfone groups is 1. The predicted molar refractivity (Wildman–Crippen MR) is 72.8 cm³/mol. The molecule has 0 N–H and O–H groups in total. The molecule has 0 saturated heterocycles. The second kappa shape index (κ2) is 4.82. The first kappa shape index (κ1) is 13.5. The van der Waals surface area contributed by atoms with E-state index in [2.05, 4.69) is 10.2 Å². The van der Waals surface area contributed by atoms with Crippen molar-refractivity contribution in [3.8, 4) is 11.4 Å². The van der Waals surface area contributed by atoms with Gasteiger partial charge < -0.3 is 4.57 Å². The van der Waals surface area contributed by atoms with Crippen LogP contribution in [0.1, 0.15) is 5.82 Å². The molecule has 0 saturated carbocycles. The first-order valence-electron chi connectivity index (χ1n) is 6.04. The summed E-state index contributed by atoms with van der Waals surface area (Å²) in [5, 5.41) is 8.31. The fraction of sp³-hybridized carbons (Fsp3) is 0.333. The molecule has 20 heavy (non-hydrogen) atoms. The molecule has 0 fully saturated rings. The highest BCUT2D eigenvalue weighted by molar-refractivity contribution is 7.91. The summed E-state index contributed by atoms with van der Waals surface area (Å²) in [6.07, 6.45) is 0.328. The van der Waals surface area contributed by atoms with Crippen LogP contribution in [-0.4, -0.2) is 34.7 Å². The van der Waals surface area contributed by atoms with Crippen molar-refractivity contribution in [2.45, 2.75) is 13.0 Å². The highest BCUT2D eigenvalue weighted by Gasteiger charge is 2.23. The van der Waals surface area contributed by atoms with E-state index in [9.17, 15) is 12.8 Å². The van der Waals surface area contributed by atoms with Gasteiger partial charge in [-0.15, -0.1) is 10.2 Å². The van der Waals surface area contributed by atoms with Crippen molar-refractivity contribution in [2.75, 3.05) is 11.5 Å². The third kappa shape index (κ3) is 2.43. The Labute approximate surface area is 120 Å². The van der Waals surface area contributed by atoms with Gasteiger partial charge in [0.15, 0.2) is 15.7 Å². The maximum absolute atomic E-state index is 13.1. The van der Waals surface area contributed by atoms with Gasteiger partial charge >= 0.3 is 0 Å². The number of aromatic nitrogens is 3. The monoisotopic (exact) mass is 315 g/mol. The van der Waals surface area contributed by atoms with Crippen molar-refractivity contribution in [1.82, 2.24) is 14.8 Å². The molecule has 0 unspecified atom stereocenters. The van der Waals surface area contributed by atoms with Gasteiger partial charge in [-0.05, 0) is 18.2 Å². The highest BCUT2D eigenvalue weighted by Crippen LogP contribution is 2.28. The van der Waals surface area contributed by atoms with Crippen LogP contribution >= 0.6 is 11.6 Å². The van der Waals surface area contributed by atoms with Gasteiger partial charge in [0.2, 0.25) is 0 Å². The zero-order chi connectivity index (χ0) is 14.3. The minimum Gasteiger partial charge on any atom is -0.310 e. The number of nitrogens with zero attached hydrogens (tertiary/aromatic N) is 3. The third-order valence-corrected chi connectivity index (χ3v) is 5.21. The zero-order valence-corrected chi connectivity index (χ0v) is 12.0. The summed E-state index contributed by atoms with van der Waals surface area (Å²) in [6.45, 7) is 0.285. The van der Waals surface area contributed by atoms with Crippen LogP contribution in [-0.2, 0) is 22.8 Å². The number of fused-ring (bicyclic) bond motifs is 1. The number of benzene rings is 1. The van der Waals surface area contributed by atoms with Gasteiger partial charge in [0.1, 0.15) is 11.6 Å². The number of hydrogen-bond donors (Lipinski definition) is 0. The normalized spacial score (nSPS) is 17.5. The molecule has 0 amide bonds. The molecule has 1 aromatic heterocycles. The Morgan fingerprint density at radius 1 is 1.25 bits per heavy atom. The summed E-state index contributed by atoms with van der Waals surface area (Å²) < 4.78 is 38.1. The highest BCUT2D eigenvalue weighted by atomic mass is 35.5. The maximum Gasteiger partial charge on any atom is 0.165 e. The van der Waals surface area contributed by atoms with E-state index in [1.807, 2.05) is 0 Å². The van der Waals surface area contributed by atoms with Gasteiger partial charge in [-0.1, -0.05) is 11.6 Å². The summed E-state index contributed by atoms with van der Waals surface area (Å²) in [5.41, 5.74) is 0.547. The Morgan fingerprint density at radius 3 is 2.80 bits per heavy atom. The summed E-state index contributed by atoms with van der Waals surface area (Å²) >= 11 is 6.02. The van der Waals surface area contributed by atoms with Gasteiger partial charge in [-0.25, -0.2) is 12.8 Å². The molecule has 8 heteroatoms. The van der Waals surface area contributed by atoms with Gasteiger partial charge in [0, 0.05) is 18.5 Å². The van der Waals surface area contributed by atoms with Crippen LogP contribution in [0.2, 0.25) is 5.02 Å². The Balaban J connectivity index is 2.07. The number of halogens is 2. The van der Waals surface area contributed by atoms with Gasteiger partial charge in [0.25, 0.3) is 0 Å². The van der Waals surface area contributed by atoms with E-state index in [1.165, 1.54) is 18.2 Å². The smallest absolute Gasteiger partial charge is 0.165 e. The molecule has 5 nitrogen and oxygen atoms in total. The standard InChI is InChI=1S/C12H11ClFN3O2S/c13-10-7-8(14)1-2-9(10)12-16-15-11-3-5-20(18,19)6-4-17(11)12/h1-2,7H,3-6H2. The Hall–Kier alpha value is -1.47. The minimum absolute atomic E-state index is 0.0455. The molecule has 1 aliphatic heterocycles. The summed E-state index contributed by atoms with van der Waals surface area (Å²) in [7, 11) is -3.05. The molecular weight excluding hydrogens is 305 g/mol. The molecule has 3 rings (SSSR count). The maximum atomic E-state index is 13.1. The van der Waals surface area contributed by atoms with E-state index in [-0.39, 0.29) is 23.1 Å². The van der Waals surface area contributed by atoms with E-state index < -0.39 is 15.7 Å². The van der Waals surface area contributed by atoms with Crippen molar-refractivity contribution in [3.05, 3.63) is 34.9 Å². The van der Waals surface area contributed by atoms with E-state index in [0.29, 0.717) is 23.6 Å². The van der Waals surface area contributed by atoms with Crippen molar-refractivity contribution >= 4 is 21.4 Å². The third-order valence-electron chi connectivity index (χ3n) is 3.26. The average Bonchev–Trinajstić information content (AvgIpc) is 2.70. The molecule has 1 aromatic carbocycles. The number of rotatable bonds is 1. The van der Waals surface area contributed by atoms with E-state index in [1.54, 1.807) is 4.57 Å². The first-order valence-corrected chi connectivity index (χ1v) is 8.24. The lowest BCUT2D eigenvalue weighted by molar-refractivity contribution is 0.593. The van der Waals surface area contributed by atoms with Crippen LogP contribution in [0.15, 0.2) is 18.2 Å².